The van der Waals surface area contributed by atoms with Gasteiger partial charge in [0, 0.05) is 12.2 Å². The van der Waals surface area contributed by atoms with Crippen LogP contribution in [0.2, 0.25) is 0 Å². The van der Waals surface area contributed by atoms with E-state index in [4.69, 9.17) is 4.42 Å². The molecule has 5 heteroatoms. The molecule has 0 N–H and O–H groups in total. The van der Waals surface area contributed by atoms with Crippen molar-refractivity contribution in [2.75, 3.05) is 17.2 Å². The minimum Gasteiger partial charge on any atom is -0.468 e. The number of benzene rings is 1. The van der Waals surface area contributed by atoms with E-state index in [1.54, 1.807) is 17.9 Å². The molecule has 1 aliphatic heterocycles. The van der Waals surface area contributed by atoms with Crippen molar-refractivity contribution < 1.29 is 13.4 Å². The second kappa shape index (κ2) is 5.25. The van der Waals surface area contributed by atoms with Crippen LogP contribution in [0.5, 0.6) is 0 Å². The largest absolute Gasteiger partial charge is 0.468 e. The fourth-order valence-corrected chi connectivity index (χ4v) is 3.59. The van der Waals surface area contributed by atoms with Crippen LogP contribution < -0.4 is 4.90 Å². The Kier molecular flexibility index (Phi) is 3.44. The third-order valence-electron chi connectivity index (χ3n) is 3.50. The summed E-state index contributed by atoms with van der Waals surface area (Å²) in [5.74, 6) is 0.501. The van der Waals surface area contributed by atoms with E-state index < -0.39 is 10.8 Å². The molecule has 2 heterocycles. The fraction of sp³-hybridized carbons (Fsp3) is 0.267. The molecule has 1 aromatic carbocycles. The van der Waals surface area contributed by atoms with Crippen LogP contribution in [0.25, 0.3) is 0 Å². The molecule has 4 nitrogen and oxygen atoms in total. The normalized spacial score (nSPS) is 15.2. The van der Waals surface area contributed by atoms with Gasteiger partial charge >= 0.3 is 0 Å². The molecule has 1 aromatic heterocycles. The summed E-state index contributed by atoms with van der Waals surface area (Å²) in [7, 11) is -1.35. The van der Waals surface area contributed by atoms with Crippen molar-refractivity contribution in [1.29, 1.82) is 0 Å². The summed E-state index contributed by atoms with van der Waals surface area (Å²) < 4.78 is 17.3. The van der Waals surface area contributed by atoms with Gasteiger partial charge < -0.3 is 9.32 Å². The van der Waals surface area contributed by atoms with E-state index >= 15 is 0 Å². The highest BCUT2D eigenvalue weighted by molar-refractivity contribution is 7.85. The van der Waals surface area contributed by atoms with Crippen molar-refractivity contribution in [2.45, 2.75) is 18.2 Å². The molecule has 1 unspecified atom stereocenters. The molecule has 104 valence electrons. The minimum atomic E-state index is -1.35. The van der Waals surface area contributed by atoms with Crippen molar-refractivity contribution in [1.82, 2.24) is 0 Å². The number of nitrogens with zero attached hydrogens (tertiary/aromatic N) is 1. The highest BCUT2D eigenvalue weighted by Gasteiger charge is 2.26. The monoisotopic (exact) mass is 289 g/mol. The molecule has 0 bridgehead atoms. The van der Waals surface area contributed by atoms with E-state index in [-0.39, 0.29) is 11.7 Å². The lowest BCUT2D eigenvalue weighted by Crippen LogP contribution is -2.32. The minimum absolute atomic E-state index is 0.00525. The van der Waals surface area contributed by atoms with Gasteiger partial charge in [0.05, 0.1) is 22.0 Å². The molecule has 1 atom stereocenters. The quantitative estimate of drug-likeness (QED) is 0.871. The number of anilines is 1. The second-order valence-electron chi connectivity index (χ2n) is 4.75. The standard InChI is InChI=1S/C15H15NO3S/c1-11-14(7-9-19-11)20(18)10-15(17)16-8-6-12-4-2-3-5-13(12)16/h2-5,7,9H,6,8,10H2,1H3. The summed E-state index contributed by atoms with van der Waals surface area (Å²) in [5, 5.41) is 0. The van der Waals surface area contributed by atoms with E-state index in [0.717, 1.165) is 12.1 Å². The average Bonchev–Trinajstić information content (AvgIpc) is 3.04. The molecule has 3 rings (SSSR count). The first kappa shape index (κ1) is 13.1. The van der Waals surface area contributed by atoms with Crippen LogP contribution in [0, 0.1) is 6.92 Å². The maximum Gasteiger partial charge on any atom is 0.239 e. The summed E-state index contributed by atoms with van der Waals surface area (Å²) >= 11 is 0. The summed E-state index contributed by atoms with van der Waals surface area (Å²) in [5.41, 5.74) is 2.12. The Morgan fingerprint density at radius 1 is 1.35 bits per heavy atom. The van der Waals surface area contributed by atoms with Crippen LogP contribution in [0.3, 0.4) is 0 Å². The van der Waals surface area contributed by atoms with Gasteiger partial charge in [-0.05, 0) is 31.0 Å². The van der Waals surface area contributed by atoms with Gasteiger partial charge in [0.2, 0.25) is 5.91 Å². The van der Waals surface area contributed by atoms with Gasteiger partial charge in [-0.25, -0.2) is 0 Å². The predicted octanol–water partition coefficient (Wildman–Crippen LogP) is 2.28. The number of para-hydroxylation sites is 1. The molecule has 0 fully saturated rings. The Bertz CT molecular complexity index is 677. The van der Waals surface area contributed by atoms with Crippen molar-refractivity contribution in [3.63, 3.8) is 0 Å². The van der Waals surface area contributed by atoms with Gasteiger partial charge in [-0.3, -0.25) is 9.00 Å². The third-order valence-corrected chi connectivity index (χ3v) is 4.92. The summed E-state index contributed by atoms with van der Waals surface area (Å²) in [6.07, 6.45) is 2.36. The van der Waals surface area contributed by atoms with E-state index in [9.17, 15) is 9.00 Å². The zero-order chi connectivity index (χ0) is 14.1. The van der Waals surface area contributed by atoms with Crippen molar-refractivity contribution >= 4 is 22.4 Å². The number of rotatable bonds is 3. The molecular weight excluding hydrogens is 274 g/mol. The van der Waals surface area contributed by atoms with Crippen molar-refractivity contribution in [3.8, 4) is 0 Å². The molecule has 1 amide bonds. The maximum atomic E-state index is 12.3. The van der Waals surface area contributed by atoms with Crippen LogP contribution in [0.1, 0.15) is 11.3 Å². The first-order chi connectivity index (χ1) is 9.66. The van der Waals surface area contributed by atoms with E-state index in [2.05, 4.69) is 0 Å². The molecule has 0 saturated carbocycles. The van der Waals surface area contributed by atoms with Gasteiger partial charge in [0.15, 0.2) is 0 Å². The Hall–Kier alpha value is -1.88. The molecule has 2 aromatic rings. The highest BCUT2D eigenvalue weighted by Crippen LogP contribution is 2.27. The summed E-state index contributed by atoms with van der Waals surface area (Å²) in [6.45, 7) is 2.42. The smallest absolute Gasteiger partial charge is 0.239 e. The number of aryl methyl sites for hydroxylation is 1. The maximum absolute atomic E-state index is 12.3. The van der Waals surface area contributed by atoms with Crippen molar-refractivity contribution in [2.24, 2.45) is 0 Å². The molecule has 1 aliphatic rings. The number of hydrogen-bond donors (Lipinski definition) is 0. The molecule has 0 aliphatic carbocycles. The first-order valence-corrected chi connectivity index (χ1v) is 7.79. The SMILES string of the molecule is Cc1occc1S(=O)CC(=O)N1CCc2ccccc21. The zero-order valence-electron chi connectivity index (χ0n) is 11.2. The van der Waals surface area contributed by atoms with Crippen LogP contribution in [-0.4, -0.2) is 22.4 Å². The predicted molar refractivity (Wildman–Crippen MR) is 77.2 cm³/mol. The molecule has 0 saturated heterocycles. The van der Waals surface area contributed by atoms with Crippen LogP contribution in [0.15, 0.2) is 45.9 Å². The Morgan fingerprint density at radius 2 is 2.15 bits per heavy atom. The summed E-state index contributed by atoms with van der Waals surface area (Å²) in [6, 6.07) is 9.52. The number of fused-ring (bicyclic) bond motifs is 1. The number of hydrogen-bond acceptors (Lipinski definition) is 3. The first-order valence-electron chi connectivity index (χ1n) is 6.47. The lowest BCUT2D eigenvalue weighted by molar-refractivity contribution is -0.116. The Balaban J connectivity index is 1.75. The molecule has 0 spiro atoms. The van der Waals surface area contributed by atoms with E-state index in [1.807, 2.05) is 24.3 Å². The second-order valence-corrected chi connectivity index (χ2v) is 6.17. The average molecular weight is 289 g/mol. The Labute approximate surface area is 119 Å². The van der Waals surface area contributed by atoms with Gasteiger partial charge in [-0.15, -0.1) is 0 Å². The van der Waals surface area contributed by atoms with E-state index in [0.29, 0.717) is 17.2 Å². The van der Waals surface area contributed by atoms with Crippen LogP contribution in [-0.2, 0) is 22.0 Å². The zero-order valence-corrected chi connectivity index (χ0v) is 12.0. The number of furan rings is 1. The van der Waals surface area contributed by atoms with Crippen LogP contribution >= 0.6 is 0 Å². The molecular formula is C15H15NO3S. The van der Waals surface area contributed by atoms with Gasteiger partial charge in [0.1, 0.15) is 11.5 Å². The molecule has 0 radical (unpaired) electrons. The van der Waals surface area contributed by atoms with Gasteiger partial charge in [-0.2, -0.15) is 0 Å². The Morgan fingerprint density at radius 3 is 2.90 bits per heavy atom. The number of carbonyl (C=O) groups is 1. The van der Waals surface area contributed by atoms with Crippen molar-refractivity contribution in [3.05, 3.63) is 47.9 Å². The van der Waals surface area contributed by atoms with E-state index in [1.165, 1.54) is 11.8 Å². The number of amides is 1. The van der Waals surface area contributed by atoms with Gasteiger partial charge in [0.25, 0.3) is 0 Å². The third kappa shape index (κ3) is 2.29. The lowest BCUT2D eigenvalue weighted by atomic mass is 10.2. The van der Waals surface area contributed by atoms with Crippen LogP contribution in [0.4, 0.5) is 5.69 Å². The number of carbonyl (C=O) groups excluding carboxylic acids is 1. The lowest BCUT2D eigenvalue weighted by Gasteiger charge is -2.16. The highest BCUT2D eigenvalue weighted by atomic mass is 32.2. The van der Waals surface area contributed by atoms with Gasteiger partial charge in [-0.1, -0.05) is 18.2 Å². The summed E-state index contributed by atoms with van der Waals surface area (Å²) in [4.78, 5) is 14.7. The fourth-order valence-electron chi connectivity index (χ4n) is 2.47. The topological polar surface area (TPSA) is 50.5 Å². The molecule has 20 heavy (non-hydrogen) atoms.